The summed E-state index contributed by atoms with van der Waals surface area (Å²) >= 11 is 3.64. The first-order valence-corrected chi connectivity index (χ1v) is 10.1. The van der Waals surface area contributed by atoms with E-state index >= 15 is 0 Å². The summed E-state index contributed by atoms with van der Waals surface area (Å²) in [6.45, 7) is 13.3. The van der Waals surface area contributed by atoms with Crippen molar-refractivity contribution in [3.8, 4) is 11.5 Å². The van der Waals surface area contributed by atoms with Gasteiger partial charge in [0.25, 0.3) is 0 Å². The van der Waals surface area contributed by atoms with Gasteiger partial charge in [0.05, 0.1) is 4.47 Å². The summed E-state index contributed by atoms with van der Waals surface area (Å²) in [5, 5.41) is 0. The van der Waals surface area contributed by atoms with E-state index in [0.29, 0.717) is 0 Å². The number of hydrogen-bond acceptors (Lipinski definition) is 1. The fourth-order valence-electron chi connectivity index (χ4n) is 1.36. The number of aromatic nitrogens is 1. The van der Waals surface area contributed by atoms with Crippen LogP contribution in [0.2, 0.25) is 19.6 Å². The lowest BCUT2D eigenvalue weighted by atomic mass is 9.87. The van der Waals surface area contributed by atoms with Gasteiger partial charge in [0, 0.05) is 6.20 Å². The number of halogens is 1. The summed E-state index contributed by atoms with van der Waals surface area (Å²) < 4.78 is 1.04. The van der Waals surface area contributed by atoms with E-state index in [2.05, 4.69) is 78.9 Å². The van der Waals surface area contributed by atoms with Crippen LogP contribution in [0.5, 0.6) is 0 Å². The summed E-state index contributed by atoms with van der Waals surface area (Å²) in [6.07, 6.45) is 1.85. The van der Waals surface area contributed by atoms with Gasteiger partial charge >= 0.3 is 0 Å². The molecule has 92 valence electrons. The second-order valence-electron chi connectivity index (χ2n) is 6.27. The molecule has 0 amide bonds. The highest BCUT2D eigenvalue weighted by Crippen LogP contribution is 2.30. The monoisotopic (exact) mass is 309 g/mol. The van der Waals surface area contributed by atoms with Crippen molar-refractivity contribution in [2.45, 2.75) is 45.8 Å². The van der Waals surface area contributed by atoms with Gasteiger partial charge in [0.2, 0.25) is 0 Å². The second kappa shape index (κ2) is 4.95. The Morgan fingerprint density at radius 1 is 1.24 bits per heavy atom. The molecule has 3 heteroatoms. The molecule has 0 aliphatic carbocycles. The van der Waals surface area contributed by atoms with Crippen LogP contribution in [0.3, 0.4) is 0 Å². The molecule has 0 aromatic carbocycles. The number of hydrogen-bond donors (Lipinski definition) is 0. The fraction of sp³-hybridized carbons (Fsp3) is 0.500. The first-order chi connectivity index (χ1) is 7.61. The molecule has 0 spiro atoms. The molecule has 1 heterocycles. The zero-order valence-electron chi connectivity index (χ0n) is 11.5. The number of pyridine rings is 1. The van der Waals surface area contributed by atoms with Crippen molar-refractivity contribution in [2.24, 2.45) is 0 Å². The first kappa shape index (κ1) is 14.5. The Bertz CT molecular complexity index is 470. The average Bonchev–Trinajstić information content (AvgIpc) is 2.13. The maximum absolute atomic E-state index is 4.36. The molecule has 0 saturated carbocycles. The third-order valence-electron chi connectivity index (χ3n) is 2.25. The quantitative estimate of drug-likeness (QED) is 0.512. The molecule has 0 saturated heterocycles. The van der Waals surface area contributed by atoms with Gasteiger partial charge < -0.3 is 0 Å². The summed E-state index contributed by atoms with van der Waals surface area (Å²) in [6, 6.07) is 2.06. The van der Waals surface area contributed by atoms with Crippen LogP contribution in [0.1, 0.15) is 32.0 Å². The van der Waals surface area contributed by atoms with Crippen LogP contribution in [0.15, 0.2) is 16.7 Å². The van der Waals surface area contributed by atoms with E-state index in [1.807, 2.05) is 6.20 Å². The molecule has 1 nitrogen and oxygen atoms in total. The SMILES string of the molecule is CC(C)(C)c1ccnc(C#C[Si](C)(C)C)c1Br. The molecule has 0 fully saturated rings. The molecule has 0 aliphatic heterocycles. The Labute approximate surface area is 114 Å². The van der Waals surface area contributed by atoms with Gasteiger partial charge in [-0.1, -0.05) is 46.3 Å². The van der Waals surface area contributed by atoms with Crippen LogP contribution in [-0.2, 0) is 5.41 Å². The molecule has 0 atom stereocenters. The van der Waals surface area contributed by atoms with E-state index < -0.39 is 8.07 Å². The van der Waals surface area contributed by atoms with Crippen LogP contribution >= 0.6 is 15.9 Å². The minimum absolute atomic E-state index is 0.108. The third kappa shape index (κ3) is 4.29. The van der Waals surface area contributed by atoms with Crippen molar-refractivity contribution >= 4 is 24.0 Å². The zero-order valence-corrected chi connectivity index (χ0v) is 14.1. The van der Waals surface area contributed by atoms with E-state index in [9.17, 15) is 0 Å². The smallest absolute Gasteiger partial charge is 0.129 e. The molecule has 0 N–H and O–H groups in total. The van der Waals surface area contributed by atoms with Gasteiger partial charge in [-0.25, -0.2) is 4.98 Å². The molecular weight excluding hydrogens is 290 g/mol. The van der Waals surface area contributed by atoms with Gasteiger partial charge in [-0.2, -0.15) is 0 Å². The van der Waals surface area contributed by atoms with Gasteiger partial charge in [-0.3, -0.25) is 0 Å². The highest BCUT2D eigenvalue weighted by atomic mass is 79.9. The summed E-state index contributed by atoms with van der Waals surface area (Å²) in [5.74, 6) is 3.22. The van der Waals surface area contributed by atoms with Crippen LogP contribution < -0.4 is 0 Å². The van der Waals surface area contributed by atoms with Crippen molar-refractivity contribution in [1.29, 1.82) is 0 Å². The van der Waals surface area contributed by atoms with E-state index in [0.717, 1.165) is 10.2 Å². The van der Waals surface area contributed by atoms with Crippen molar-refractivity contribution in [3.63, 3.8) is 0 Å². The molecular formula is C14H20BrNSi. The lowest BCUT2D eigenvalue weighted by molar-refractivity contribution is 0.585. The highest BCUT2D eigenvalue weighted by Gasteiger charge is 2.19. The lowest BCUT2D eigenvalue weighted by Gasteiger charge is -2.20. The van der Waals surface area contributed by atoms with Crippen molar-refractivity contribution in [2.75, 3.05) is 0 Å². The van der Waals surface area contributed by atoms with E-state index in [-0.39, 0.29) is 5.41 Å². The van der Waals surface area contributed by atoms with Gasteiger partial charge in [0.15, 0.2) is 0 Å². The topological polar surface area (TPSA) is 12.9 Å². The molecule has 0 bridgehead atoms. The zero-order chi connectivity index (χ0) is 13.3. The summed E-state index contributed by atoms with van der Waals surface area (Å²) in [7, 11) is -1.35. The second-order valence-corrected chi connectivity index (χ2v) is 11.8. The minimum Gasteiger partial charge on any atom is -0.247 e. The van der Waals surface area contributed by atoms with E-state index in [1.165, 1.54) is 5.56 Å². The van der Waals surface area contributed by atoms with Gasteiger partial charge in [-0.05, 0) is 33.0 Å². The molecule has 0 radical (unpaired) electrons. The highest BCUT2D eigenvalue weighted by molar-refractivity contribution is 9.10. The average molecular weight is 310 g/mol. The summed E-state index contributed by atoms with van der Waals surface area (Å²) in [4.78, 5) is 4.36. The minimum atomic E-state index is -1.35. The Kier molecular flexibility index (Phi) is 4.22. The predicted molar refractivity (Wildman–Crippen MR) is 80.9 cm³/mol. The molecule has 17 heavy (non-hydrogen) atoms. The maximum Gasteiger partial charge on any atom is 0.129 e. The molecule has 1 rings (SSSR count). The first-order valence-electron chi connectivity index (χ1n) is 5.79. The van der Waals surface area contributed by atoms with Crippen LogP contribution in [0.25, 0.3) is 0 Å². The Morgan fingerprint density at radius 2 is 1.82 bits per heavy atom. The molecule has 1 aromatic heterocycles. The van der Waals surface area contributed by atoms with Crippen molar-refractivity contribution in [3.05, 3.63) is 28.0 Å². The van der Waals surface area contributed by atoms with Crippen molar-refractivity contribution in [1.82, 2.24) is 4.98 Å². The van der Waals surface area contributed by atoms with Crippen LogP contribution in [-0.4, -0.2) is 13.1 Å². The predicted octanol–water partition coefficient (Wildman–Crippen LogP) is 4.37. The third-order valence-corrected chi connectivity index (χ3v) is 3.93. The van der Waals surface area contributed by atoms with Gasteiger partial charge in [0.1, 0.15) is 13.8 Å². The number of nitrogens with zero attached hydrogens (tertiary/aromatic N) is 1. The largest absolute Gasteiger partial charge is 0.247 e. The van der Waals surface area contributed by atoms with Crippen molar-refractivity contribution < 1.29 is 0 Å². The van der Waals surface area contributed by atoms with E-state index in [1.54, 1.807) is 0 Å². The Balaban J connectivity index is 3.24. The normalized spacial score (nSPS) is 11.9. The number of rotatable bonds is 0. The Hall–Kier alpha value is -0.593. The fourth-order valence-corrected chi connectivity index (χ4v) is 2.78. The molecule has 1 aromatic rings. The maximum atomic E-state index is 4.36. The lowest BCUT2D eigenvalue weighted by Crippen LogP contribution is -2.17. The Morgan fingerprint density at radius 3 is 2.29 bits per heavy atom. The molecule has 0 unspecified atom stereocenters. The van der Waals surface area contributed by atoms with Gasteiger partial charge in [-0.15, -0.1) is 5.54 Å². The van der Waals surface area contributed by atoms with Crippen LogP contribution in [0.4, 0.5) is 0 Å². The summed E-state index contributed by atoms with van der Waals surface area (Å²) in [5.41, 5.74) is 5.58. The van der Waals surface area contributed by atoms with Crippen LogP contribution in [0, 0.1) is 11.5 Å². The molecule has 0 aliphatic rings. The standard InChI is InChI=1S/C14H20BrNSi/c1-14(2,3)11-7-9-16-12(13(11)15)8-10-17(4,5)6/h7,9H,1-6H3. The van der Waals surface area contributed by atoms with E-state index in [4.69, 9.17) is 0 Å².